The molecule has 0 saturated carbocycles. The van der Waals surface area contributed by atoms with E-state index in [1.54, 1.807) is 7.05 Å². The summed E-state index contributed by atoms with van der Waals surface area (Å²) in [6.45, 7) is 7.45. The number of hydrogen-bond donors (Lipinski definition) is 2. The predicted molar refractivity (Wildman–Crippen MR) is 71.0 cm³/mol. The lowest BCUT2D eigenvalue weighted by Gasteiger charge is -2.34. The van der Waals surface area contributed by atoms with Crippen molar-refractivity contribution in [1.82, 2.24) is 15.5 Å². The highest BCUT2D eigenvalue weighted by Gasteiger charge is 2.27. The van der Waals surface area contributed by atoms with Gasteiger partial charge in [0.05, 0.1) is 6.04 Å². The number of piperidine rings is 1. The van der Waals surface area contributed by atoms with E-state index in [-0.39, 0.29) is 11.9 Å². The Hall–Kier alpha value is -0.610. The number of likely N-dealkylation sites (tertiary alicyclic amines) is 1. The minimum Gasteiger partial charge on any atom is -0.358 e. The number of carbonyl (C=O) groups excluding carboxylic acids is 1. The lowest BCUT2D eigenvalue weighted by molar-refractivity contribution is -0.127. The first-order valence-corrected chi connectivity index (χ1v) is 6.84. The molecule has 1 heterocycles. The summed E-state index contributed by atoms with van der Waals surface area (Å²) in [6.07, 6.45) is 4.53. The number of likely N-dealkylation sites (N-methyl/N-ethyl adjacent to an activating group) is 1. The Morgan fingerprint density at radius 2 is 2.18 bits per heavy atom. The predicted octanol–water partition coefficient (Wildman–Crippen LogP) is 0.975. The molecule has 0 bridgehead atoms. The summed E-state index contributed by atoms with van der Waals surface area (Å²) in [5.74, 6) is 0.182. The van der Waals surface area contributed by atoms with Crippen LogP contribution in [0.5, 0.6) is 0 Å². The van der Waals surface area contributed by atoms with Gasteiger partial charge in [-0.15, -0.1) is 0 Å². The van der Waals surface area contributed by atoms with Gasteiger partial charge < -0.3 is 10.6 Å². The second-order valence-electron chi connectivity index (χ2n) is 5.12. The fourth-order valence-corrected chi connectivity index (χ4v) is 2.40. The summed E-state index contributed by atoms with van der Waals surface area (Å²) in [5, 5.41) is 6.19. The van der Waals surface area contributed by atoms with E-state index in [0.717, 1.165) is 32.5 Å². The molecular weight excluding hydrogens is 214 g/mol. The molecule has 4 nitrogen and oxygen atoms in total. The first kappa shape index (κ1) is 14.5. The number of amides is 1. The van der Waals surface area contributed by atoms with Gasteiger partial charge in [0.25, 0.3) is 0 Å². The Kier molecular flexibility index (Phi) is 6.52. The summed E-state index contributed by atoms with van der Waals surface area (Å²) in [4.78, 5) is 14.1. The van der Waals surface area contributed by atoms with Crippen LogP contribution in [0.4, 0.5) is 0 Å². The maximum Gasteiger partial charge on any atom is 0.237 e. The number of carbonyl (C=O) groups is 1. The maximum atomic E-state index is 11.7. The summed E-state index contributed by atoms with van der Waals surface area (Å²) in [7, 11) is 1.73. The van der Waals surface area contributed by atoms with Crippen molar-refractivity contribution in [3.8, 4) is 0 Å². The second kappa shape index (κ2) is 7.67. The van der Waals surface area contributed by atoms with E-state index in [0.29, 0.717) is 6.04 Å². The van der Waals surface area contributed by atoms with Gasteiger partial charge >= 0.3 is 0 Å². The minimum absolute atomic E-state index is 0.104. The molecule has 0 aromatic heterocycles. The SMILES string of the molecule is CNC(=O)C1CCCCN1CCCNC(C)C. The van der Waals surface area contributed by atoms with Gasteiger partial charge in [-0.25, -0.2) is 0 Å². The molecule has 0 aromatic carbocycles. The molecule has 1 unspecified atom stereocenters. The third kappa shape index (κ3) is 5.04. The third-order valence-corrected chi connectivity index (χ3v) is 3.34. The van der Waals surface area contributed by atoms with Crippen LogP contribution < -0.4 is 10.6 Å². The van der Waals surface area contributed by atoms with Gasteiger partial charge in [-0.05, 0) is 32.4 Å². The number of nitrogens with one attached hydrogen (secondary N) is 2. The van der Waals surface area contributed by atoms with Gasteiger partial charge in [-0.1, -0.05) is 20.3 Å². The molecule has 17 heavy (non-hydrogen) atoms. The molecular formula is C13H27N3O. The number of hydrogen-bond acceptors (Lipinski definition) is 3. The smallest absolute Gasteiger partial charge is 0.237 e. The first-order valence-electron chi connectivity index (χ1n) is 6.84. The highest BCUT2D eigenvalue weighted by molar-refractivity contribution is 5.81. The molecule has 0 aromatic rings. The highest BCUT2D eigenvalue weighted by Crippen LogP contribution is 2.17. The second-order valence-corrected chi connectivity index (χ2v) is 5.12. The zero-order valence-electron chi connectivity index (χ0n) is 11.5. The monoisotopic (exact) mass is 241 g/mol. The molecule has 1 fully saturated rings. The van der Waals surface area contributed by atoms with Crippen molar-refractivity contribution in [3.63, 3.8) is 0 Å². The summed E-state index contributed by atoms with van der Waals surface area (Å²) in [5.41, 5.74) is 0. The standard InChI is InChI=1S/C13H27N3O/c1-11(2)15-8-6-10-16-9-5-4-7-12(16)13(17)14-3/h11-12,15H,4-10H2,1-3H3,(H,14,17). The van der Waals surface area contributed by atoms with Crippen molar-refractivity contribution in [2.75, 3.05) is 26.7 Å². The molecule has 100 valence electrons. The zero-order chi connectivity index (χ0) is 12.7. The first-order chi connectivity index (χ1) is 8.15. The van der Waals surface area contributed by atoms with Crippen molar-refractivity contribution in [1.29, 1.82) is 0 Å². The van der Waals surface area contributed by atoms with E-state index in [4.69, 9.17) is 0 Å². The van der Waals surface area contributed by atoms with E-state index in [1.165, 1.54) is 12.8 Å². The molecule has 2 N–H and O–H groups in total. The van der Waals surface area contributed by atoms with Crippen molar-refractivity contribution >= 4 is 5.91 Å². The van der Waals surface area contributed by atoms with Gasteiger partial charge in [0.15, 0.2) is 0 Å². The van der Waals surface area contributed by atoms with Gasteiger partial charge in [-0.3, -0.25) is 9.69 Å². The van der Waals surface area contributed by atoms with Crippen LogP contribution in [0, 0.1) is 0 Å². The van der Waals surface area contributed by atoms with E-state index < -0.39 is 0 Å². The fraction of sp³-hybridized carbons (Fsp3) is 0.923. The number of rotatable bonds is 6. The van der Waals surface area contributed by atoms with Crippen molar-refractivity contribution < 1.29 is 4.79 Å². The Labute approximate surface area is 105 Å². The topological polar surface area (TPSA) is 44.4 Å². The fourth-order valence-electron chi connectivity index (χ4n) is 2.40. The molecule has 0 spiro atoms. The Balaban J connectivity index is 2.30. The van der Waals surface area contributed by atoms with E-state index in [9.17, 15) is 4.79 Å². The van der Waals surface area contributed by atoms with E-state index >= 15 is 0 Å². The van der Waals surface area contributed by atoms with Gasteiger partial charge in [0.1, 0.15) is 0 Å². The maximum absolute atomic E-state index is 11.7. The van der Waals surface area contributed by atoms with E-state index in [1.807, 2.05) is 0 Å². The van der Waals surface area contributed by atoms with Crippen LogP contribution in [0.15, 0.2) is 0 Å². The van der Waals surface area contributed by atoms with Crippen molar-refractivity contribution in [2.24, 2.45) is 0 Å². The Morgan fingerprint density at radius 3 is 2.82 bits per heavy atom. The molecule has 0 radical (unpaired) electrons. The van der Waals surface area contributed by atoms with Crippen molar-refractivity contribution in [3.05, 3.63) is 0 Å². The average molecular weight is 241 g/mol. The average Bonchev–Trinajstić information content (AvgIpc) is 2.34. The lowest BCUT2D eigenvalue weighted by Crippen LogP contribution is -2.49. The van der Waals surface area contributed by atoms with Gasteiger partial charge in [0, 0.05) is 19.6 Å². The molecule has 1 atom stereocenters. The lowest BCUT2D eigenvalue weighted by atomic mass is 10.0. The van der Waals surface area contributed by atoms with Crippen LogP contribution in [-0.2, 0) is 4.79 Å². The van der Waals surface area contributed by atoms with Crippen LogP contribution >= 0.6 is 0 Å². The molecule has 1 saturated heterocycles. The van der Waals surface area contributed by atoms with Gasteiger partial charge in [0.2, 0.25) is 5.91 Å². The third-order valence-electron chi connectivity index (χ3n) is 3.34. The van der Waals surface area contributed by atoms with Crippen LogP contribution in [0.2, 0.25) is 0 Å². The van der Waals surface area contributed by atoms with Crippen LogP contribution in [0.3, 0.4) is 0 Å². The zero-order valence-corrected chi connectivity index (χ0v) is 11.5. The molecule has 0 aliphatic carbocycles. The normalized spacial score (nSPS) is 21.8. The summed E-state index contributed by atoms with van der Waals surface area (Å²) in [6, 6.07) is 0.652. The van der Waals surface area contributed by atoms with Crippen LogP contribution in [0.25, 0.3) is 0 Å². The molecule has 1 aliphatic rings. The van der Waals surface area contributed by atoms with E-state index in [2.05, 4.69) is 29.4 Å². The highest BCUT2D eigenvalue weighted by atomic mass is 16.2. The number of nitrogens with zero attached hydrogens (tertiary/aromatic N) is 1. The largest absolute Gasteiger partial charge is 0.358 e. The Morgan fingerprint density at radius 1 is 1.41 bits per heavy atom. The minimum atomic E-state index is 0.104. The molecule has 1 amide bonds. The Bertz CT molecular complexity index is 231. The quantitative estimate of drug-likeness (QED) is 0.681. The summed E-state index contributed by atoms with van der Waals surface area (Å²) >= 11 is 0. The van der Waals surface area contributed by atoms with Crippen LogP contribution in [0.1, 0.15) is 39.5 Å². The van der Waals surface area contributed by atoms with Crippen LogP contribution in [-0.4, -0.2) is 49.6 Å². The summed E-state index contributed by atoms with van der Waals surface area (Å²) < 4.78 is 0. The molecule has 1 aliphatic heterocycles. The molecule has 4 heteroatoms. The van der Waals surface area contributed by atoms with Crippen molar-refractivity contribution in [2.45, 2.75) is 51.6 Å². The van der Waals surface area contributed by atoms with Gasteiger partial charge in [-0.2, -0.15) is 0 Å². The molecule has 1 rings (SSSR count).